The van der Waals surface area contributed by atoms with Crippen molar-refractivity contribution in [3.8, 4) is 0 Å². The molecule has 1 saturated heterocycles. The normalized spacial score (nSPS) is 24.3. The summed E-state index contributed by atoms with van der Waals surface area (Å²) >= 11 is 3.60. The molecule has 2 atom stereocenters. The zero-order valence-corrected chi connectivity index (χ0v) is 12.1. The minimum absolute atomic E-state index is 0.231. The predicted octanol–water partition coefficient (Wildman–Crippen LogP) is 2.38. The third-order valence-electron chi connectivity index (χ3n) is 3.53. The van der Waals surface area contributed by atoms with Crippen molar-refractivity contribution in [2.45, 2.75) is 25.3 Å². The lowest BCUT2D eigenvalue weighted by Gasteiger charge is -2.38. The number of hydrogen-bond donors (Lipinski definition) is 2. The summed E-state index contributed by atoms with van der Waals surface area (Å²) in [6.07, 6.45) is 3.01. The van der Waals surface area contributed by atoms with Gasteiger partial charge in [-0.1, -0.05) is 12.1 Å². The SMILES string of the molecule is NC1CC(CCCO)CN(c2ccccc2Br)C1. The molecule has 1 fully saturated rings. The molecule has 1 aliphatic rings. The molecule has 0 aliphatic carbocycles. The van der Waals surface area contributed by atoms with Gasteiger partial charge in [0.25, 0.3) is 0 Å². The van der Waals surface area contributed by atoms with Gasteiger partial charge in [-0.15, -0.1) is 0 Å². The molecular formula is C14H21BrN2O. The van der Waals surface area contributed by atoms with Gasteiger partial charge in [-0.2, -0.15) is 0 Å². The molecule has 18 heavy (non-hydrogen) atoms. The van der Waals surface area contributed by atoms with Crippen LogP contribution in [0.3, 0.4) is 0 Å². The molecular weight excluding hydrogens is 292 g/mol. The second-order valence-corrected chi connectivity index (χ2v) is 5.94. The predicted molar refractivity (Wildman–Crippen MR) is 78.8 cm³/mol. The second-order valence-electron chi connectivity index (χ2n) is 5.08. The van der Waals surface area contributed by atoms with E-state index in [1.807, 2.05) is 6.07 Å². The first-order valence-corrected chi connectivity index (χ1v) is 7.36. The molecule has 2 unspecified atom stereocenters. The quantitative estimate of drug-likeness (QED) is 0.897. The third-order valence-corrected chi connectivity index (χ3v) is 4.20. The van der Waals surface area contributed by atoms with E-state index in [1.54, 1.807) is 0 Å². The van der Waals surface area contributed by atoms with E-state index in [9.17, 15) is 0 Å². The molecule has 1 aromatic rings. The summed E-state index contributed by atoms with van der Waals surface area (Å²) in [4.78, 5) is 2.36. The maximum atomic E-state index is 8.94. The zero-order chi connectivity index (χ0) is 13.0. The van der Waals surface area contributed by atoms with Crippen molar-refractivity contribution in [2.24, 2.45) is 11.7 Å². The first-order chi connectivity index (χ1) is 8.70. The molecule has 1 aliphatic heterocycles. The summed E-state index contributed by atoms with van der Waals surface area (Å²) in [6.45, 7) is 2.23. The van der Waals surface area contributed by atoms with Crippen LogP contribution in [0.25, 0.3) is 0 Å². The Morgan fingerprint density at radius 1 is 1.33 bits per heavy atom. The summed E-state index contributed by atoms with van der Waals surface area (Å²) in [6, 6.07) is 8.52. The molecule has 0 saturated carbocycles. The van der Waals surface area contributed by atoms with E-state index in [2.05, 4.69) is 39.0 Å². The van der Waals surface area contributed by atoms with Gasteiger partial charge in [0.2, 0.25) is 0 Å². The van der Waals surface area contributed by atoms with Gasteiger partial charge in [-0.3, -0.25) is 0 Å². The van der Waals surface area contributed by atoms with E-state index >= 15 is 0 Å². The first-order valence-electron chi connectivity index (χ1n) is 6.56. The molecule has 1 aromatic carbocycles. The van der Waals surface area contributed by atoms with E-state index < -0.39 is 0 Å². The Morgan fingerprint density at radius 2 is 2.11 bits per heavy atom. The van der Waals surface area contributed by atoms with Crippen molar-refractivity contribution >= 4 is 21.6 Å². The van der Waals surface area contributed by atoms with Crippen LogP contribution in [0.4, 0.5) is 5.69 Å². The molecule has 2 rings (SSSR count). The Bertz CT molecular complexity index is 386. The fraction of sp³-hybridized carbons (Fsp3) is 0.571. The highest BCUT2D eigenvalue weighted by Gasteiger charge is 2.25. The van der Waals surface area contributed by atoms with Gasteiger partial charge in [0.15, 0.2) is 0 Å². The molecule has 4 heteroatoms. The molecule has 0 radical (unpaired) electrons. The topological polar surface area (TPSA) is 49.5 Å². The number of halogens is 1. The molecule has 3 N–H and O–H groups in total. The van der Waals surface area contributed by atoms with Crippen molar-refractivity contribution in [2.75, 3.05) is 24.6 Å². The number of piperidine rings is 1. The second kappa shape index (κ2) is 6.55. The van der Waals surface area contributed by atoms with Crippen LogP contribution in [0.5, 0.6) is 0 Å². The van der Waals surface area contributed by atoms with Crippen LogP contribution in [0, 0.1) is 5.92 Å². The van der Waals surface area contributed by atoms with Gasteiger partial charge in [-0.05, 0) is 53.2 Å². The van der Waals surface area contributed by atoms with Gasteiger partial charge in [0.1, 0.15) is 0 Å². The van der Waals surface area contributed by atoms with Gasteiger partial charge >= 0.3 is 0 Å². The maximum absolute atomic E-state index is 8.94. The fourth-order valence-corrected chi connectivity index (χ4v) is 3.28. The number of anilines is 1. The minimum Gasteiger partial charge on any atom is -0.396 e. The number of para-hydroxylation sites is 1. The highest BCUT2D eigenvalue weighted by Crippen LogP contribution is 2.30. The van der Waals surface area contributed by atoms with E-state index in [1.165, 1.54) is 5.69 Å². The van der Waals surface area contributed by atoms with E-state index in [4.69, 9.17) is 10.8 Å². The first kappa shape index (κ1) is 13.8. The Hall–Kier alpha value is -0.580. The monoisotopic (exact) mass is 312 g/mol. The Morgan fingerprint density at radius 3 is 2.83 bits per heavy atom. The van der Waals surface area contributed by atoms with Crippen molar-refractivity contribution in [3.63, 3.8) is 0 Å². The summed E-state index contributed by atoms with van der Waals surface area (Å²) in [7, 11) is 0. The van der Waals surface area contributed by atoms with Crippen LogP contribution >= 0.6 is 15.9 Å². The summed E-state index contributed by atoms with van der Waals surface area (Å²) < 4.78 is 1.13. The number of nitrogens with two attached hydrogens (primary N) is 1. The van der Waals surface area contributed by atoms with E-state index in [0.29, 0.717) is 5.92 Å². The van der Waals surface area contributed by atoms with Crippen molar-refractivity contribution < 1.29 is 5.11 Å². The van der Waals surface area contributed by atoms with E-state index in [0.717, 1.165) is 36.8 Å². The van der Waals surface area contributed by atoms with Gasteiger partial charge in [-0.25, -0.2) is 0 Å². The van der Waals surface area contributed by atoms with Crippen LogP contribution in [0.1, 0.15) is 19.3 Å². The van der Waals surface area contributed by atoms with Crippen molar-refractivity contribution in [1.29, 1.82) is 0 Å². The standard InChI is InChI=1S/C14H21BrN2O/c15-13-5-1-2-6-14(13)17-9-11(4-3-7-18)8-12(16)10-17/h1-2,5-6,11-12,18H,3-4,7-10,16H2. The minimum atomic E-state index is 0.231. The number of aliphatic hydroxyl groups is 1. The highest BCUT2D eigenvalue weighted by molar-refractivity contribution is 9.10. The van der Waals surface area contributed by atoms with Crippen LogP contribution < -0.4 is 10.6 Å². The Labute approximate surface area is 117 Å². The van der Waals surface area contributed by atoms with Crippen LogP contribution in [-0.4, -0.2) is 30.8 Å². The van der Waals surface area contributed by atoms with Crippen molar-refractivity contribution in [3.05, 3.63) is 28.7 Å². The Balaban J connectivity index is 2.06. The number of nitrogens with zero attached hydrogens (tertiary/aromatic N) is 1. The zero-order valence-electron chi connectivity index (χ0n) is 10.6. The molecule has 0 amide bonds. The molecule has 100 valence electrons. The summed E-state index contributed by atoms with van der Waals surface area (Å²) in [5.74, 6) is 0.591. The lowest BCUT2D eigenvalue weighted by Crippen LogP contribution is -2.47. The molecule has 0 aromatic heterocycles. The van der Waals surface area contributed by atoms with Crippen LogP contribution in [-0.2, 0) is 0 Å². The summed E-state index contributed by atoms with van der Waals surface area (Å²) in [5, 5.41) is 8.94. The lowest BCUT2D eigenvalue weighted by atomic mass is 9.90. The van der Waals surface area contributed by atoms with Crippen LogP contribution in [0.15, 0.2) is 28.7 Å². The average molecular weight is 313 g/mol. The highest BCUT2D eigenvalue weighted by atomic mass is 79.9. The number of benzene rings is 1. The van der Waals surface area contributed by atoms with Gasteiger partial charge in [0.05, 0.1) is 5.69 Å². The van der Waals surface area contributed by atoms with Crippen LogP contribution in [0.2, 0.25) is 0 Å². The smallest absolute Gasteiger partial charge is 0.0511 e. The number of rotatable bonds is 4. The largest absolute Gasteiger partial charge is 0.396 e. The van der Waals surface area contributed by atoms with E-state index in [-0.39, 0.29) is 12.6 Å². The summed E-state index contributed by atoms with van der Waals surface area (Å²) in [5.41, 5.74) is 7.38. The van der Waals surface area contributed by atoms with Gasteiger partial charge < -0.3 is 15.7 Å². The molecule has 3 nitrogen and oxygen atoms in total. The average Bonchev–Trinajstić information content (AvgIpc) is 2.36. The third kappa shape index (κ3) is 3.46. The molecule has 0 spiro atoms. The number of aliphatic hydroxyl groups excluding tert-OH is 1. The number of hydrogen-bond acceptors (Lipinski definition) is 3. The molecule has 0 bridgehead atoms. The Kier molecular flexibility index (Phi) is 5.03. The maximum Gasteiger partial charge on any atom is 0.0511 e. The lowest BCUT2D eigenvalue weighted by molar-refractivity contribution is 0.259. The van der Waals surface area contributed by atoms with Gasteiger partial charge in [0, 0.05) is 30.2 Å². The fourth-order valence-electron chi connectivity index (χ4n) is 2.74. The molecule has 1 heterocycles. The van der Waals surface area contributed by atoms with Crippen molar-refractivity contribution in [1.82, 2.24) is 0 Å².